The van der Waals surface area contributed by atoms with Gasteiger partial charge in [0.1, 0.15) is 5.15 Å². The van der Waals surface area contributed by atoms with Crippen LogP contribution in [0.25, 0.3) is 0 Å². The van der Waals surface area contributed by atoms with Gasteiger partial charge in [0.25, 0.3) is 0 Å². The third-order valence-corrected chi connectivity index (χ3v) is 5.44. The third-order valence-electron chi connectivity index (χ3n) is 3.67. The number of hydrogen-bond acceptors (Lipinski definition) is 3. The van der Waals surface area contributed by atoms with Gasteiger partial charge in [-0.15, -0.1) is 24.0 Å². The molecule has 11 heteroatoms. The maximum Gasteiger partial charge on any atom is 0.238 e. The number of nitrogens with one attached hydrogen (secondary N) is 2. The number of guanidine groups is 1. The van der Waals surface area contributed by atoms with Crippen molar-refractivity contribution in [2.75, 3.05) is 6.54 Å². The topological polar surface area (TPSA) is 102 Å². The first kappa shape index (κ1) is 24.0. The highest BCUT2D eigenvalue weighted by atomic mass is 127. The van der Waals surface area contributed by atoms with Crippen molar-refractivity contribution in [3.05, 3.63) is 51.8 Å². The summed E-state index contributed by atoms with van der Waals surface area (Å²) < 4.78 is 24.4. The molecule has 150 valence electrons. The number of aromatic nitrogens is 1. The summed E-state index contributed by atoms with van der Waals surface area (Å²) >= 11 is 12.1. The predicted octanol–water partition coefficient (Wildman–Crippen LogP) is 2.85. The fraction of sp³-hybridized carbons (Fsp3) is 0.312. The first-order valence-corrected chi connectivity index (χ1v) is 10.2. The molecule has 0 saturated heterocycles. The monoisotopic (exact) mass is 545 g/mol. The molecule has 0 aliphatic heterocycles. The first-order chi connectivity index (χ1) is 12.2. The van der Waals surface area contributed by atoms with Crippen molar-refractivity contribution in [3.63, 3.8) is 0 Å². The highest BCUT2D eigenvalue weighted by Gasteiger charge is 2.09. The minimum absolute atomic E-state index is 0. The Morgan fingerprint density at radius 3 is 2.33 bits per heavy atom. The van der Waals surface area contributed by atoms with Crippen molar-refractivity contribution in [1.82, 2.24) is 15.2 Å². The molecule has 4 N–H and O–H groups in total. The lowest BCUT2D eigenvalue weighted by molar-refractivity contribution is 0.598. The standard InChI is InChI=1S/C16H21Cl2N5O2S.HI/c1-3-20-16(22-10-12-8-14(17)15(18)23(12)2)21-9-11-4-6-13(7-5-11)26(19,24)25;/h4-8H,3,9-10H2,1-2H3,(H2,19,24,25)(H2,20,21,22);1H. The number of primary sulfonamides is 1. The second-order valence-corrected chi connectivity index (χ2v) is 7.90. The van der Waals surface area contributed by atoms with E-state index in [0.29, 0.717) is 35.8 Å². The predicted molar refractivity (Wildman–Crippen MR) is 120 cm³/mol. The summed E-state index contributed by atoms with van der Waals surface area (Å²) in [6.07, 6.45) is 0. The van der Waals surface area contributed by atoms with E-state index in [-0.39, 0.29) is 28.9 Å². The summed E-state index contributed by atoms with van der Waals surface area (Å²) in [5, 5.41) is 12.4. The lowest BCUT2D eigenvalue weighted by Gasteiger charge is -2.12. The van der Waals surface area contributed by atoms with Crippen LogP contribution in [-0.4, -0.2) is 25.5 Å². The first-order valence-electron chi connectivity index (χ1n) is 7.86. The molecular formula is C16H22Cl2IN5O2S. The van der Waals surface area contributed by atoms with Gasteiger partial charge in [-0.3, -0.25) is 0 Å². The summed E-state index contributed by atoms with van der Waals surface area (Å²) in [5.74, 6) is 0.622. The van der Waals surface area contributed by atoms with E-state index in [1.165, 1.54) is 12.1 Å². The minimum atomic E-state index is -3.69. The third kappa shape index (κ3) is 6.83. The van der Waals surface area contributed by atoms with Crippen LogP contribution < -0.4 is 15.8 Å². The van der Waals surface area contributed by atoms with E-state index in [1.807, 2.05) is 14.0 Å². The molecule has 0 bridgehead atoms. The zero-order valence-corrected chi connectivity index (χ0v) is 19.5. The molecule has 0 saturated carbocycles. The molecule has 27 heavy (non-hydrogen) atoms. The van der Waals surface area contributed by atoms with Crippen LogP contribution in [0.1, 0.15) is 18.2 Å². The lowest BCUT2D eigenvalue weighted by Crippen LogP contribution is -2.37. The molecule has 0 radical (unpaired) electrons. The van der Waals surface area contributed by atoms with Crippen LogP contribution >= 0.6 is 47.2 Å². The normalized spacial score (nSPS) is 11.8. The number of sulfonamides is 1. The molecule has 0 fully saturated rings. The van der Waals surface area contributed by atoms with Crippen LogP contribution in [0.4, 0.5) is 0 Å². The maximum absolute atomic E-state index is 11.3. The Balaban J connectivity index is 0.00000364. The van der Waals surface area contributed by atoms with Gasteiger partial charge in [-0.2, -0.15) is 0 Å². The zero-order valence-electron chi connectivity index (χ0n) is 14.9. The molecule has 7 nitrogen and oxygen atoms in total. The van der Waals surface area contributed by atoms with E-state index < -0.39 is 10.0 Å². The summed E-state index contributed by atoms with van der Waals surface area (Å²) in [4.78, 5) is 4.56. The van der Waals surface area contributed by atoms with E-state index in [9.17, 15) is 8.42 Å². The largest absolute Gasteiger partial charge is 0.357 e. The summed E-state index contributed by atoms with van der Waals surface area (Å²) in [6.45, 7) is 3.55. The Kier molecular flexibility index (Phi) is 9.35. The van der Waals surface area contributed by atoms with Crippen LogP contribution in [0.2, 0.25) is 10.2 Å². The molecule has 2 rings (SSSR count). The highest BCUT2D eigenvalue weighted by molar-refractivity contribution is 14.0. The van der Waals surface area contributed by atoms with Crippen molar-refractivity contribution in [2.45, 2.75) is 24.9 Å². The molecule has 2 aromatic rings. The second kappa shape index (κ2) is 10.5. The highest BCUT2D eigenvalue weighted by Crippen LogP contribution is 2.24. The SMILES string of the molecule is CCNC(=NCc1ccc(S(N)(=O)=O)cc1)NCc1cc(Cl)c(Cl)n1C.I. The lowest BCUT2D eigenvalue weighted by atomic mass is 10.2. The fourth-order valence-corrected chi connectivity index (χ4v) is 3.16. The van der Waals surface area contributed by atoms with Gasteiger partial charge in [0.15, 0.2) is 5.96 Å². The Morgan fingerprint density at radius 2 is 1.85 bits per heavy atom. The van der Waals surface area contributed by atoms with Gasteiger partial charge in [-0.25, -0.2) is 18.5 Å². The van der Waals surface area contributed by atoms with E-state index in [2.05, 4.69) is 15.6 Å². The number of aliphatic imine (C=N–C) groups is 1. The van der Waals surface area contributed by atoms with Crippen molar-refractivity contribution < 1.29 is 8.42 Å². The summed E-state index contributed by atoms with van der Waals surface area (Å²) in [6, 6.07) is 8.10. The molecule has 0 spiro atoms. The van der Waals surface area contributed by atoms with E-state index in [0.717, 1.165) is 11.3 Å². The Bertz CT molecular complexity index is 898. The number of hydrogen-bond donors (Lipinski definition) is 3. The van der Waals surface area contributed by atoms with Gasteiger partial charge >= 0.3 is 0 Å². The van der Waals surface area contributed by atoms with Gasteiger partial charge in [-0.05, 0) is 30.7 Å². The van der Waals surface area contributed by atoms with E-state index in [1.54, 1.807) is 22.8 Å². The van der Waals surface area contributed by atoms with Gasteiger partial charge in [0.2, 0.25) is 10.0 Å². The van der Waals surface area contributed by atoms with Crippen LogP contribution in [0.5, 0.6) is 0 Å². The molecule has 0 aliphatic carbocycles. The van der Waals surface area contributed by atoms with Crippen LogP contribution in [-0.2, 0) is 30.2 Å². The molecular weight excluding hydrogens is 524 g/mol. The summed E-state index contributed by atoms with van der Waals surface area (Å²) in [7, 11) is -1.85. The minimum Gasteiger partial charge on any atom is -0.357 e. The fourth-order valence-electron chi connectivity index (χ4n) is 2.23. The molecule has 0 amide bonds. The second-order valence-electron chi connectivity index (χ2n) is 5.57. The molecule has 0 aliphatic rings. The number of nitrogens with two attached hydrogens (primary N) is 1. The molecule has 1 aromatic carbocycles. The van der Waals surface area contributed by atoms with Crippen molar-refractivity contribution in [3.8, 4) is 0 Å². The Hall–Kier alpha value is -1.01. The van der Waals surface area contributed by atoms with Gasteiger partial charge in [0, 0.05) is 19.3 Å². The van der Waals surface area contributed by atoms with E-state index in [4.69, 9.17) is 28.3 Å². The van der Waals surface area contributed by atoms with Crippen molar-refractivity contribution in [1.29, 1.82) is 0 Å². The maximum atomic E-state index is 11.3. The summed E-state index contributed by atoms with van der Waals surface area (Å²) in [5.41, 5.74) is 1.78. The van der Waals surface area contributed by atoms with Gasteiger partial charge < -0.3 is 15.2 Å². The Labute approximate surface area is 186 Å². The molecule has 1 aromatic heterocycles. The molecule has 0 unspecified atom stereocenters. The number of rotatable bonds is 6. The van der Waals surface area contributed by atoms with Crippen LogP contribution in [0.15, 0.2) is 40.2 Å². The number of nitrogens with zero attached hydrogens (tertiary/aromatic N) is 2. The molecule has 0 atom stereocenters. The smallest absolute Gasteiger partial charge is 0.238 e. The van der Waals surface area contributed by atoms with Crippen molar-refractivity contribution in [2.24, 2.45) is 17.2 Å². The van der Waals surface area contributed by atoms with Gasteiger partial charge in [0.05, 0.1) is 23.0 Å². The number of halogens is 3. The number of benzene rings is 1. The van der Waals surface area contributed by atoms with Crippen molar-refractivity contribution >= 4 is 63.2 Å². The molecule has 1 heterocycles. The zero-order chi connectivity index (χ0) is 19.3. The van der Waals surface area contributed by atoms with E-state index >= 15 is 0 Å². The average molecular weight is 546 g/mol. The van der Waals surface area contributed by atoms with Crippen LogP contribution in [0, 0.1) is 0 Å². The van der Waals surface area contributed by atoms with Gasteiger partial charge in [-0.1, -0.05) is 35.3 Å². The van der Waals surface area contributed by atoms with Crippen LogP contribution in [0.3, 0.4) is 0 Å². The Morgan fingerprint density at radius 1 is 1.22 bits per heavy atom. The average Bonchev–Trinajstić information content (AvgIpc) is 2.84. The quantitative estimate of drug-likeness (QED) is 0.295.